The number of halogens is 1. The highest BCUT2D eigenvalue weighted by Gasteiger charge is 2.28. The van der Waals surface area contributed by atoms with Crippen LogP contribution in [-0.4, -0.2) is 40.0 Å². The predicted octanol–water partition coefficient (Wildman–Crippen LogP) is 2.81. The van der Waals surface area contributed by atoms with Crippen molar-refractivity contribution in [3.8, 4) is 0 Å². The van der Waals surface area contributed by atoms with Crippen molar-refractivity contribution in [2.24, 2.45) is 11.8 Å². The molecule has 0 aliphatic carbocycles. The van der Waals surface area contributed by atoms with Crippen LogP contribution in [0.5, 0.6) is 0 Å². The number of aromatic nitrogens is 1. The number of carboxylic acids is 1. The normalized spacial score (nSPS) is 20.1. The highest BCUT2D eigenvalue weighted by molar-refractivity contribution is 9.10. The number of pyridine rings is 1. The fourth-order valence-electron chi connectivity index (χ4n) is 2.81. The first-order valence-corrected chi connectivity index (χ1v) is 7.88. The van der Waals surface area contributed by atoms with Crippen LogP contribution >= 0.6 is 15.9 Å². The van der Waals surface area contributed by atoms with E-state index in [9.17, 15) is 9.59 Å². The van der Waals surface area contributed by atoms with Crippen LogP contribution < -0.4 is 0 Å². The smallest absolute Gasteiger partial charge is 0.303 e. The summed E-state index contributed by atoms with van der Waals surface area (Å²) in [5.41, 5.74) is 0.566. The lowest BCUT2D eigenvalue weighted by Crippen LogP contribution is -2.42. The Kier molecular flexibility index (Phi) is 5.33. The van der Waals surface area contributed by atoms with Gasteiger partial charge in [0.2, 0.25) is 0 Å². The molecule has 0 radical (unpaired) electrons. The summed E-state index contributed by atoms with van der Waals surface area (Å²) in [6.07, 6.45) is 5.27. The van der Waals surface area contributed by atoms with Crippen molar-refractivity contribution in [1.82, 2.24) is 9.88 Å². The topological polar surface area (TPSA) is 70.5 Å². The van der Waals surface area contributed by atoms with Crippen molar-refractivity contribution in [3.05, 3.63) is 28.5 Å². The van der Waals surface area contributed by atoms with E-state index in [0.29, 0.717) is 12.1 Å². The maximum atomic E-state index is 12.5. The van der Waals surface area contributed by atoms with Gasteiger partial charge in [-0.3, -0.25) is 14.6 Å². The van der Waals surface area contributed by atoms with Crippen LogP contribution in [0, 0.1) is 11.8 Å². The van der Waals surface area contributed by atoms with Crippen LogP contribution in [0.2, 0.25) is 0 Å². The maximum absolute atomic E-state index is 12.5. The number of nitrogens with zero attached hydrogens (tertiary/aromatic N) is 2. The van der Waals surface area contributed by atoms with Gasteiger partial charge in [0, 0.05) is 36.4 Å². The van der Waals surface area contributed by atoms with E-state index >= 15 is 0 Å². The third-order valence-corrected chi connectivity index (χ3v) is 4.43. The SMILES string of the molecule is CC(CC(=O)O)C1CCCN(C(=O)c2cncc(Br)c2)C1. The second-order valence-corrected chi connectivity index (χ2v) is 6.54. The molecule has 6 heteroatoms. The molecule has 1 aromatic rings. The van der Waals surface area contributed by atoms with Crippen molar-refractivity contribution in [2.45, 2.75) is 26.2 Å². The standard InChI is InChI=1S/C15H19BrN2O3/c1-10(5-14(19)20)11-3-2-4-18(9-11)15(21)12-6-13(16)8-17-7-12/h6-8,10-11H,2-5,9H2,1H3,(H,19,20). The molecule has 0 saturated carbocycles. The predicted molar refractivity (Wildman–Crippen MR) is 82.0 cm³/mol. The Morgan fingerprint density at radius 1 is 1.52 bits per heavy atom. The second-order valence-electron chi connectivity index (χ2n) is 5.62. The van der Waals surface area contributed by atoms with Crippen molar-refractivity contribution in [1.29, 1.82) is 0 Å². The Balaban J connectivity index is 2.03. The van der Waals surface area contributed by atoms with E-state index in [1.54, 1.807) is 18.5 Å². The Morgan fingerprint density at radius 3 is 2.95 bits per heavy atom. The third-order valence-electron chi connectivity index (χ3n) is 4.00. The minimum absolute atomic E-state index is 0.0315. The zero-order chi connectivity index (χ0) is 15.4. The van der Waals surface area contributed by atoms with Gasteiger partial charge in [0.1, 0.15) is 0 Å². The number of amides is 1. The van der Waals surface area contributed by atoms with Gasteiger partial charge in [-0.1, -0.05) is 6.92 Å². The van der Waals surface area contributed by atoms with Gasteiger partial charge in [0.25, 0.3) is 5.91 Å². The summed E-state index contributed by atoms with van der Waals surface area (Å²) in [6, 6.07) is 1.76. The fraction of sp³-hybridized carbons (Fsp3) is 0.533. The summed E-state index contributed by atoms with van der Waals surface area (Å²) in [4.78, 5) is 29.2. The Bertz CT molecular complexity index is 535. The molecule has 1 N–H and O–H groups in total. The monoisotopic (exact) mass is 354 g/mol. The summed E-state index contributed by atoms with van der Waals surface area (Å²) in [7, 11) is 0. The molecule has 1 aromatic heterocycles. The summed E-state index contributed by atoms with van der Waals surface area (Å²) in [5.74, 6) is -0.476. The number of likely N-dealkylation sites (tertiary alicyclic amines) is 1. The largest absolute Gasteiger partial charge is 0.481 e. The van der Waals surface area contributed by atoms with Crippen LogP contribution in [0.1, 0.15) is 36.5 Å². The number of piperidine rings is 1. The molecule has 0 bridgehead atoms. The molecule has 2 atom stereocenters. The van der Waals surface area contributed by atoms with Crippen LogP contribution in [0.25, 0.3) is 0 Å². The number of carbonyl (C=O) groups excluding carboxylic acids is 1. The van der Waals surface area contributed by atoms with E-state index in [1.165, 1.54) is 0 Å². The average molecular weight is 355 g/mol. The van der Waals surface area contributed by atoms with Gasteiger partial charge in [-0.2, -0.15) is 0 Å². The molecule has 2 heterocycles. The zero-order valence-corrected chi connectivity index (χ0v) is 13.5. The lowest BCUT2D eigenvalue weighted by Gasteiger charge is -2.35. The van der Waals surface area contributed by atoms with Crippen LogP contribution in [0.3, 0.4) is 0 Å². The molecule has 2 unspecified atom stereocenters. The number of hydrogen-bond acceptors (Lipinski definition) is 3. The van der Waals surface area contributed by atoms with Gasteiger partial charge in [0.05, 0.1) is 5.56 Å². The molecule has 114 valence electrons. The van der Waals surface area contributed by atoms with Crippen molar-refractivity contribution < 1.29 is 14.7 Å². The van der Waals surface area contributed by atoms with Gasteiger partial charge in [-0.25, -0.2) is 0 Å². The van der Waals surface area contributed by atoms with Crippen LogP contribution in [-0.2, 0) is 4.79 Å². The van der Waals surface area contributed by atoms with E-state index in [-0.39, 0.29) is 24.2 Å². The molecule has 2 rings (SSSR count). The number of carbonyl (C=O) groups is 2. The molecule has 1 aliphatic heterocycles. The Hall–Kier alpha value is -1.43. The highest BCUT2D eigenvalue weighted by Crippen LogP contribution is 2.27. The molecule has 21 heavy (non-hydrogen) atoms. The minimum Gasteiger partial charge on any atom is -0.481 e. The van der Waals surface area contributed by atoms with E-state index in [4.69, 9.17) is 5.11 Å². The van der Waals surface area contributed by atoms with E-state index in [1.807, 2.05) is 11.8 Å². The maximum Gasteiger partial charge on any atom is 0.303 e. The van der Waals surface area contributed by atoms with Crippen LogP contribution in [0.4, 0.5) is 0 Å². The summed E-state index contributed by atoms with van der Waals surface area (Å²) in [6.45, 7) is 3.30. The fourth-order valence-corrected chi connectivity index (χ4v) is 3.18. The molecule has 1 amide bonds. The molecule has 1 aliphatic rings. The first-order valence-electron chi connectivity index (χ1n) is 7.09. The van der Waals surface area contributed by atoms with Crippen molar-refractivity contribution in [2.75, 3.05) is 13.1 Å². The zero-order valence-electron chi connectivity index (χ0n) is 12.0. The van der Waals surface area contributed by atoms with Crippen LogP contribution in [0.15, 0.2) is 22.9 Å². The van der Waals surface area contributed by atoms with Gasteiger partial charge in [-0.05, 0) is 46.7 Å². The molecular weight excluding hydrogens is 336 g/mol. The number of aliphatic carboxylic acids is 1. The lowest BCUT2D eigenvalue weighted by molar-refractivity contribution is -0.138. The molecule has 1 fully saturated rings. The van der Waals surface area contributed by atoms with E-state index < -0.39 is 5.97 Å². The Morgan fingerprint density at radius 2 is 2.29 bits per heavy atom. The van der Waals surface area contributed by atoms with E-state index in [2.05, 4.69) is 20.9 Å². The van der Waals surface area contributed by atoms with Gasteiger partial charge < -0.3 is 10.0 Å². The summed E-state index contributed by atoms with van der Waals surface area (Å²) >= 11 is 3.32. The Labute approximate surface area is 132 Å². The number of rotatable bonds is 4. The van der Waals surface area contributed by atoms with Crippen molar-refractivity contribution >= 4 is 27.8 Å². The van der Waals surface area contributed by atoms with Crippen molar-refractivity contribution in [3.63, 3.8) is 0 Å². The molecule has 0 aromatic carbocycles. The summed E-state index contributed by atoms with van der Waals surface area (Å²) < 4.78 is 0.779. The van der Waals surface area contributed by atoms with Gasteiger partial charge in [0.15, 0.2) is 0 Å². The summed E-state index contributed by atoms with van der Waals surface area (Å²) in [5, 5.41) is 8.90. The average Bonchev–Trinajstić information content (AvgIpc) is 2.46. The molecule has 1 saturated heterocycles. The molecular formula is C15H19BrN2O3. The first-order chi connectivity index (χ1) is 9.97. The molecule has 0 spiro atoms. The quantitative estimate of drug-likeness (QED) is 0.902. The number of hydrogen-bond donors (Lipinski definition) is 1. The number of carboxylic acid groups (broad SMARTS) is 1. The lowest BCUT2D eigenvalue weighted by atomic mass is 9.84. The molecule has 5 nitrogen and oxygen atoms in total. The van der Waals surface area contributed by atoms with Gasteiger partial charge >= 0.3 is 5.97 Å². The van der Waals surface area contributed by atoms with E-state index in [0.717, 1.165) is 23.9 Å². The minimum atomic E-state index is -0.776. The highest BCUT2D eigenvalue weighted by atomic mass is 79.9. The third kappa shape index (κ3) is 4.27. The van der Waals surface area contributed by atoms with Gasteiger partial charge in [-0.15, -0.1) is 0 Å². The second kappa shape index (κ2) is 7.02. The first kappa shape index (κ1) is 15.9.